The van der Waals surface area contributed by atoms with Crippen LogP contribution in [0.3, 0.4) is 0 Å². The van der Waals surface area contributed by atoms with Gasteiger partial charge in [-0.25, -0.2) is 0 Å². The summed E-state index contributed by atoms with van der Waals surface area (Å²) in [6.45, 7) is 6.14. The number of hydrogen-bond acceptors (Lipinski definition) is 4. The van der Waals surface area contributed by atoms with Gasteiger partial charge in [0.15, 0.2) is 0 Å². The monoisotopic (exact) mass is 407 g/mol. The Bertz CT molecular complexity index is 557. The molecule has 1 aromatic heterocycles. The van der Waals surface area contributed by atoms with Crippen molar-refractivity contribution in [2.75, 3.05) is 6.54 Å². The molecule has 2 aromatic rings. The molecule has 0 bridgehead atoms. The molecule has 0 atom stereocenters. The van der Waals surface area contributed by atoms with Crippen LogP contribution in [0.15, 0.2) is 18.2 Å². The average molecular weight is 408 g/mol. The molecule has 0 unspecified atom stereocenters. The highest BCUT2D eigenvalue weighted by Crippen LogP contribution is 2.28. The van der Waals surface area contributed by atoms with Gasteiger partial charge in [0.2, 0.25) is 0 Å². The first-order valence-corrected chi connectivity index (χ1v) is 8.32. The fourth-order valence-electron chi connectivity index (χ4n) is 1.54. The fraction of sp³-hybridized carbons (Fsp3) is 0.385. The van der Waals surface area contributed by atoms with E-state index in [1.165, 1.54) is 0 Å². The molecular formula is C13H15ClIN3S. The second-order valence-corrected chi connectivity index (χ2v) is 7.29. The maximum Gasteiger partial charge on any atom is 0.147 e. The predicted octanol–water partition coefficient (Wildman–Crippen LogP) is 4.21. The van der Waals surface area contributed by atoms with Gasteiger partial charge in [-0.15, -0.1) is 10.2 Å². The molecule has 19 heavy (non-hydrogen) atoms. The standard InChI is InChI=1S/C13H15ClIN3S/c1-8(2)6-16-7-12-17-18-13(19-12)9-3-4-11(15)10(14)5-9/h3-5,8,16H,6-7H2,1-2H3. The maximum absolute atomic E-state index is 6.13. The largest absolute Gasteiger partial charge is 0.310 e. The molecular weight excluding hydrogens is 393 g/mol. The molecule has 3 nitrogen and oxygen atoms in total. The van der Waals surface area contributed by atoms with Gasteiger partial charge in [-0.05, 0) is 47.2 Å². The summed E-state index contributed by atoms with van der Waals surface area (Å²) in [5.74, 6) is 0.641. The Hall–Kier alpha value is -0.240. The maximum atomic E-state index is 6.13. The Labute approximate surface area is 135 Å². The molecule has 0 saturated heterocycles. The number of benzene rings is 1. The van der Waals surface area contributed by atoms with E-state index in [1.54, 1.807) is 11.3 Å². The Balaban J connectivity index is 2.05. The molecule has 2 rings (SSSR count). The minimum Gasteiger partial charge on any atom is -0.310 e. The third-order valence-corrected chi connectivity index (χ3v) is 5.01. The van der Waals surface area contributed by atoms with Crippen molar-refractivity contribution in [3.63, 3.8) is 0 Å². The van der Waals surface area contributed by atoms with Crippen molar-refractivity contribution in [3.8, 4) is 10.6 Å². The summed E-state index contributed by atoms with van der Waals surface area (Å²) in [6, 6.07) is 5.96. The highest BCUT2D eigenvalue weighted by atomic mass is 127. The van der Waals surface area contributed by atoms with Crippen molar-refractivity contribution in [2.45, 2.75) is 20.4 Å². The number of halogens is 2. The first-order valence-electron chi connectivity index (χ1n) is 6.05. The van der Waals surface area contributed by atoms with Gasteiger partial charge < -0.3 is 5.32 Å². The number of hydrogen-bond donors (Lipinski definition) is 1. The zero-order chi connectivity index (χ0) is 13.8. The summed E-state index contributed by atoms with van der Waals surface area (Å²) >= 11 is 9.95. The number of aromatic nitrogens is 2. The van der Waals surface area contributed by atoms with Crippen molar-refractivity contribution >= 4 is 45.5 Å². The molecule has 0 fully saturated rings. The minimum atomic E-state index is 0.641. The van der Waals surface area contributed by atoms with Gasteiger partial charge in [-0.1, -0.05) is 42.9 Å². The predicted molar refractivity (Wildman–Crippen MR) is 89.6 cm³/mol. The summed E-state index contributed by atoms with van der Waals surface area (Å²) in [7, 11) is 0. The zero-order valence-corrected chi connectivity index (χ0v) is 14.5. The summed E-state index contributed by atoms with van der Waals surface area (Å²) < 4.78 is 1.05. The molecule has 0 amide bonds. The van der Waals surface area contributed by atoms with Crippen LogP contribution in [0.1, 0.15) is 18.9 Å². The van der Waals surface area contributed by atoms with Crippen LogP contribution in [0.25, 0.3) is 10.6 Å². The normalized spacial score (nSPS) is 11.2. The topological polar surface area (TPSA) is 37.8 Å². The summed E-state index contributed by atoms with van der Waals surface area (Å²) in [4.78, 5) is 0. The third kappa shape index (κ3) is 4.37. The Morgan fingerprint density at radius 1 is 1.37 bits per heavy atom. The number of nitrogens with zero attached hydrogens (tertiary/aromatic N) is 2. The second-order valence-electron chi connectivity index (χ2n) is 4.65. The van der Waals surface area contributed by atoms with E-state index in [0.29, 0.717) is 5.92 Å². The van der Waals surface area contributed by atoms with Crippen LogP contribution in [-0.2, 0) is 6.54 Å². The molecule has 1 heterocycles. The fourth-order valence-corrected chi connectivity index (χ4v) is 2.86. The first kappa shape index (κ1) is 15.2. The second kappa shape index (κ2) is 6.97. The molecule has 0 saturated carbocycles. The van der Waals surface area contributed by atoms with Gasteiger partial charge in [0.1, 0.15) is 10.0 Å². The van der Waals surface area contributed by atoms with E-state index >= 15 is 0 Å². The van der Waals surface area contributed by atoms with Gasteiger partial charge in [0, 0.05) is 15.7 Å². The summed E-state index contributed by atoms with van der Waals surface area (Å²) in [5.41, 5.74) is 1.03. The Morgan fingerprint density at radius 2 is 2.16 bits per heavy atom. The SMILES string of the molecule is CC(C)CNCc1nnc(-c2ccc(I)c(Cl)c2)s1. The Kier molecular flexibility index (Phi) is 5.56. The van der Waals surface area contributed by atoms with E-state index in [2.05, 4.69) is 52.0 Å². The van der Waals surface area contributed by atoms with Gasteiger partial charge in [0.05, 0.1) is 5.02 Å². The molecule has 0 spiro atoms. The summed E-state index contributed by atoms with van der Waals surface area (Å²) in [6.07, 6.45) is 0. The van der Waals surface area contributed by atoms with Crippen molar-refractivity contribution in [2.24, 2.45) is 5.92 Å². The smallest absolute Gasteiger partial charge is 0.147 e. The molecule has 0 aliphatic heterocycles. The molecule has 6 heteroatoms. The lowest BCUT2D eigenvalue weighted by Gasteiger charge is -2.04. The van der Waals surface area contributed by atoms with Crippen LogP contribution in [0.2, 0.25) is 5.02 Å². The molecule has 102 valence electrons. The van der Waals surface area contributed by atoms with E-state index in [9.17, 15) is 0 Å². The summed E-state index contributed by atoms with van der Waals surface area (Å²) in [5, 5.41) is 14.5. The lowest BCUT2D eigenvalue weighted by Crippen LogP contribution is -2.18. The zero-order valence-electron chi connectivity index (χ0n) is 10.8. The molecule has 0 aliphatic rings. The lowest BCUT2D eigenvalue weighted by atomic mass is 10.2. The van der Waals surface area contributed by atoms with E-state index in [4.69, 9.17) is 11.6 Å². The van der Waals surface area contributed by atoms with Gasteiger partial charge in [-0.2, -0.15) is 0 Å². The number of rotatable bonds is 5. The van der Waals surface area contributed by atoms with Crippen LogP contribution in [0.5, 0.6) is 0 Å². The first-order chi connectivity index (χ1) is 9.06. The molecule has 0 aliphatic carbocycles. The van der Waals surface area contributed by atoms with Gasteiger partial charge in [0.25, 0.3) is 0 Å². The lowest BCUT2D eigenvalue weighted by molar-refractivity contribution is 0.550. The van der Waals surface area contributed by atoms with Gasteiger partial charge >= 0.3 is 0 Å². The van der Waals surface area contributed by atoms with Crippen molar-refractivity contribution in [3.05, 3.63) is 31.8 Å². The molecule has 1 N–H and O–H groups in total. The van der Waals surface area contributed by atoms with Crippen molar-refractivity contribution < 1.29 is 0 Å². The van der Waals surface area contributed by atoms with E-state index in [0.717, 1.165) is 37.3 Å². The molecule has 0 radical (unpaired) electrons. The number of nitrogens with one attached hydrogen (secondary N) is 1. The van der Waals surface area contributed by atoms with Gasteiger partial charge in [-0.3, -0.25) is 0 Å². The van der Waals surface area contributed by atoms with Crippen LogP contribution in [0, 0.1) is 9.49 Å². The van der Waals surface area contributed by atoms with Crippen molar-refractivity contribution in [1.29, 1.82) is 0 Å². The highest BCUT2D eigenvalue weighted by Gasteiger charge is 2.08. The minimum absolute atomic E-state index is 0.641. The average Bonchev–Trinajstić information content (AvgIpc) is 2.81. The van der Waals surface area contributed by atoms with Crippen molar-refractivity contribution in [1.82, 2.24) is 15.5 Å². The third-order valence-electron chi connectivity index (χ3n) is 2.46. The van der Waals surface area contributed by atoms with E-state index in [1.807, 2.05) is 18.2 Å². The molecule has 1 aromatic carbocycles. The van der Waals surface area contributed by atoms with Crippen LogP contribution >= 0.6 is 45.5 Å². The van der Waals surface area contributed by atoms with Crippen LogP contribution in [0.4, 0.5) is 0 Å². The van der Waals surface area contributed by atoms with E-state index in [-0.39, 0.29) is 0 Å². The Morgan fingerprint density at radius 3 is 2.84 bits per heavy atom. The van der Waals surface area contributed by atoms with E-state index < -0.39 is 0 Å². The highest BCUT2D eigenvalue weighted by molar-refractivity contribution is 14.1. The van der Waals surface area contributed by atoms with Crippen LogP contribution in [-0.4, -0.2) is 16.7 Å². The quantitative estimate of drug-likeness (QED) is 0.755. The van der Waals surface area contributed by atoms with Crippen LogP contribution < -0.4 is 5.32 Å².